The van der Waals surface area contributed by atoms with Crippen LogP contribution >= 0.6 is 27.5 Å². The van der Waals surface area contributed by atoms with E-state index in [9.17, 15) is 4.79 Å². The highest BCUT2D eigenvalue weighted by atomic mass is 79.9. The molecule has 84 valence electrons. The van der Waals surface area contributed by atoms with Gasteiger partial charge in [-0.05, 0) is 34.0 Å². The van der Waals surface area contributed by atoms with E-state index >= 15 is 0 Å². The summed E-state index contributed by atoms with van der Waals surface area (Å²) in [4.78, 5) is 11.5. The van der Waals surface area contributed by atoms with Gasteiger partial charge in [-0.25, -0.2) is 0 Å². The van der Waals surface area contributed by atoms with Gasteiger partial charge in [0, 0.05) is 6.54 Å². The lowest BCUT2D eigenvalue weighted by Gasteiger charge is -2.13. The number of hydrogen-bond donors (Lipinski definition) is 1. The van der Waals surface area contributed by atoms with Crippen molar-refractivity contribution < 1.29 is 9.21 Å². The van der Waals surface area contributed by atoms with Crippen LogP contribution < -0.4 is 5.32 Å². The fourth-order valence-corrected chi connectivity index (χ4v) is 1.33. The normalized spacial score (nSPS) is 12.9. The highest BCUT2D eigenvalue weighted by Crippen LogP contribution is 2.14. The molecular formula is C10H13BrClNO2. The Balaban J connectivity index is 2.43. The standard InChI is InChI=1S/C10H13BrClNO2/c1-6(2)7(12)5-13-10(14)8-3-4-9(11)15-8/h3-4,6-7H,5H2,1-2H3,(H,13,14). The fourth-order valence-electron chi connectivity index (χ4n) is 0.949. The maximum absolute atomic E-state index is 11.5. The largest absolute Gasteiger partial charge is 0.444 e. The molecule has 5 heteroatoms. The number of rotatable bonds is 4. The van der Waals surface area contributed by atoms with Crippen molar-refractivity contribution in [2.75, 3.05) is 6.54 Å². The monoisotopic (exact) mass is 293 g/mol. The molecule has 1 aromatic rings. The average molecular weight is 295 g/mol. The van der Waals surface area contributed by atoms with Gasteiger partial charge in [-0.1, -0.05) is 13.8 Å². The summed E-state index contributed by atoms with van der Waals surface area (Å²) >= 11 is 9.13. The topological polar surface area (TPSA) is 42.2 Å². The first kappa shape index (κ1) is 12.6. The molecular weight excluding hydrogens is 281 g/mol. The van der Waals surface area contributed by atoms with Crippen LogP contribution in [0.15, 0.2) is 21.2 Å². The molecule has 0 spiro atoms. The number of amides is 1. The Morgan fingerprint density at radius 3 is 2.73 bits per heavy atom. The lowest BCUT2D eigenvalue weighted by Crippen LogP contribution is -2.31. The first-order valence-electron chi connectivity index (χ1n) is 4.68. The zero-order valence-corrected chi connectivity index (χ0v) is 10.9. The summed E-state index contributed by atoms with van der Waals surface area (Å²) in [5.74, 6) is 0.372. The van der Waals surface area contributed by atoms with E-state index in [1.54, 1.807) is 12.1 Å². The highest BCUT2D eigenvalue weighted by molar-refractivity contribution is 9.10. The van der Waals surface area contributed by atoms with Gasteiger partial charge in [-0.3, -0.25) is 4.79 Å². The molecule has 1 rings (SSSR count). The van der Waals surface area contributed by atoms with Crippen LogP contribution in [0.25, 0.3) is 0 Å². The number of furan rings is 1. The third-order valence-corrected chi connectivity index (χ3v) is 3.06. The molecule has 0 saturated carbocycles. The van der Waals surface area contributed by atoms with Crippen LogP contribution in [-0.2, 0) is 0 Å². The Labute approximate surface area is 102 Å². The molecule has 0 aliphatic heterocycles. The minimum absolute atomic E-state index is 0.0626. The predicted octanol–water partition coefficient (Wildman–Crippen LogP) is 3.04. The second-order valence-corrected chi connectivity index (χ2v) is 4.92. The Kier molecular flexibility index (Phi) is 4.67. The zero-order chi connectivity index (χ0) is 11.4. The van der Waals surface area contributed by atoms with E-state index in [2.05, 4.69) is 21.2 Å². The molecule has 1 atom stereocenters. The second-order valence-electron chi connectivity index (χ2n) is 3.57. The van der Waals surface area contributed by atoms with E-state index in [1.807, 2.05) is 13.8 Å². The number of carbonyl (C=O) groups excluding carboxylic acids is 1. The Morgan fingerprint density at radius 2 is 2.27 bits per heavy atom. The lowest BCUT2D eigenvalue weighted by atomic mass is 10.1. The van der Waals surface area contributed by atoms with Crippen molar-refractivity contribution in [1.82, 2.24) is 5.32 Å². The summed E-state index contributed by atoms with van der Waals surface area (Å²) < 4.78 is 5.64. The molecule has 0 aliphatic carbocycles. The molecule has 0 aliphatic rings. The van der Waals surface area contributed by atoms with E-state index in [4.69, 9.17) is 16.0 Å². The van der Waals surface area contributed by atoms with Crippen molar-refractivity contribution in [3.05, 3.63) is 22.6 Å². The van der Waals surface area contributed by atoms with E-state index in [0.29, 0.717) is 17.1 Å². The maximum atomic E-state index is 11.5. The van der Waals surface area contributed by atoms with Crippen LogP contribution in [0.5, 0.6) is 0 Å². The van der Waals surface area contributed by atoms with Gasteiger partial charge in [0.25, 0.3) is 5.91 Å². The molecule has 1 N–H and O–H groups in total. The van der Waals surface area contributed by atoms with Gasteiger partial charge in [0.2, 0.25) is 0 Å². The SMILES string of the molecule is CC(C)C(Cl)CNC(=O)c1ccc(Br)o1. The molecule has 1 amide bonds. The maximum Gasteiger partial charge on any atom is 0.287 e. The van der Waals surface area contributed by atoms with Gasteiger partial charge in [-0.15, -0.1) is 11.6 Å². The molecule has 0 saturated heterocycles. The summed E-state index contributed by atoms with van der Waals surface area (Å²) in [6.45, 7) is 4.46. The molecule has 1 unspecified atom stereocenters. The molecule has 0 fully saturated rings. The minimum atomic E-state index is -0.244. The molecule has 3 nitrogen and oxygen atoms in total. The quantitative estimate of drug-likeness (QED) is 0.867. The van der Waals surface area contributed by atoms with Gasteiger partial charge >= 0.3 is 0 Å². The van der Waals surface area contributed by atoms with Gasteiger partial charge in [0.15, 0.2) is 10.4 Å². The van der Waals surface area contributed by atoms with Crippen molar-refractivity contribution in [3.8, 4) is 0 Å². The van der Waals surface area contributed by atoms with Crippen LogP contribution in [0.4, 0.5) is 0 Å². The van der Waals surface area contributed by atoms with Gasteiger partial charge in [-0.2, -0.15) is 0 Å². The van der Waals surface area contributed by atoms with E-state index < -0.39 is 0 Å². The van der Waals surface area contributed by atoms with Gasteiger partial charge in [0.05, 0.1) is 5.38 Å². The predicted molar refractivity (Wildman–Crippen MR) is 63.2 cm³/mol. The summed E-state index contributed by atoms with van der Waals surface area (Å²) in [5, 5.41) is 2.65. The summed E-state index contributed by atoms with van der Waals surface area (Å²) in [7, 11) is 0. The smallest absolute Gasteiger partial charge is 0.287 e. The summed E-state index contributed by atoms with van der Waals surface area (Å²) in [6, 6.07) is 3.29. The Morgan fingerprint density at radius 1 is 1.60 bits per heavy atom. The average Bonchev–Trinajstić information content (AvgIpc) is 2.60. The molecule has 0 bridgehead atoms. The Hall–Kier alpha value is -0.480. The van der Waals surface area contributed by atoms with Crippen molar-refractivity contribution in [2.24, 2.45) is 5.92 Å². The van der Waals surface area contributed by atoms with E-state index in [1.165, 1.54) is 0 Å². The van der Waals surface area contributed by atoms with Crippen LogP contribution in [-0.4, -0.2) is 17.8 Å². The highest BCUT2D eigenvalue weighted by Gasteiger charge is 2.14. The van der Waals surface area contributed by atoms with Crippen LogP contribution in [0.3, 0.4) is 0 Å². The second kappa shape index (κ2) is 5.56. The number of nitrogens with one attached hydrogen (secondary N) is 1. The van der Waals surface area contributed by atoms with Crippen LogP contribution in [0, 0.1) is 5.92 Å². The molecule has 1 aromatic heterocycles. The number of hydrogen-bond acceptors (Lipinski definition) is 2. The lowest BCUT2D eigenvalue weighted by molar-refractivity contribution is 0.0923. The minimum Gasteiger partial charge on any atom is -0.444 e. The van der Waals surface area contributed by atoms with Crippen molar-refractivity contribution >= 4 is 33.4 Å². The Bertz CT molecular complexity index is 338. The van der Waals surface area contributed by atoms with E-state index in [-0.39, 0.29) is 17.0 Å². The first-order chi connectivity index (χ1) is 7.00. The fraction of sp³-hybridized carbons (Fsp3) is 0.500. The van der Waals surface area contributed by atoms with Gasteiger partial charge in [0.1, 0.15) is 0 Å². The summed E-state index contributed by atoms with van der Waals surface area (Å²) in [6.07, 6.45) is 0. The molecule has 15 heavy (non-hydrogen) atoms. The molecule has 0 radical (unpaired) electrons. The number of alkyl halides is 1. The van der Waals surface area contributed by atoms with Crippen molar-refractivity contribution in [1.29, 1.82) is 0 Å². The van der Waals surface area contributed by atoms with Gasteiger partial charge < -0.3 is 9.73 Å². The summed E-state index contributed by atoms with van der Waals surface area (Å²) in [5.41, 5.74) is 0. The van der Waals surface area contributed by atoms with Crippen molar-refractivity contribution in [3.63, 3.8) is 0 Å². The van der Waals surface area contributed by atoms with Crippen LogP contribution in [0.1, 0.15) is 24.4 Å². The number of carbonyl (C=O) groups is 1. The zero-order valence-electron chi connectivity index (χ0n) is 8.59. The third kappa shape index (κ3) is 3.87. The van der Waals surface area contributed by atoms with Crippen molar-refractivity contribution in [2.45, 2.75) is 19.2 Å². The van der Waals surface area contributed by atoms with E-state index in [0.717, 1.165) is 0 Å². The number of halogens is 2. The first-order valence-corrected chi connectivity index (χ1v) is 5.91. The van der Waals surface area contributed by atoms with Crippen LogP contribution in [0.2, 0.25) is 0 Å². The third-order valence-electron chi connectivity index (χ3n) is 1.98. The molecule has 1 heterocycles. The molecule has 0 aromatic carbocycles.